The topological polar surface area (TPSA) is 49.8 Å². The van der Waals surface area contributed by atoms with Crippen LogP contribution in [0.1, 0.15) is 12.8 Å². The average Bonchev–Trinajstić information content (AvgIpc) is 2.80. The Bertz CT molecular complexity index is 466. The highest BCUT2D eigenvalue weighted by molar-refractivity contribution is 8.93. The molecule has 106 valence electrons. The minimum Gasteiger partial charge on any atom is -0.361 e. The quantitative estimate of drug-likeness (QED) is 0.816. The summed E-state index contributed by atoms with van der Waals surface area (Å²) in [6.07, 6.45) is 4.34. The summed E-state index contributed by atoms with van der Waals surface area (Å²) in [5.74, 6) is 0.774. The molecule has 2 aromatic heterocycles. The number of nitrogens with zero attached hydrogens (tertiary/aromatic N) is 2. The van der Waals surface area contributed by atoms with Crippen LogP contribution in [0, 0.1) is 5.92 Å². The minimum absolute atomic E-state index is 0. The van der Waals surface area contributed by atoms with Crippen molar-refractivity contribution in [1.29, 1.82) is 0 Å². The number of fused-ring (bicyclic) bond motifs is 1. The van der Waals surface area contributed by atoms with E-state index in [1.165, 1.54) is 12.8 Å². The Balaban J connectivity index is 0.000000902. The summed E-state index contributed by atoms with van der Waals surface area (Å²) in [5.41, 5.74) is 0.991. The van der Waals surface area contributed by atoms with Crippen LogP contribution in [0.2, 0.25) is 0 Å². The van der Waals surface area contributed by atoms with E-state index >= 15 is 0 Å². The van der Waals surface area contributed by atoms with E-state index < -0.39 is 0 Å². The van der Waals surface area contributed by atoms with Crippen molar-refractivity contribution in [3.8, 4) is 0 Å². The number of rotatable bonds is 3. The first kappa shape index (κ1) is 16.8. The molecule has 0 saturated carbocycles. The van der Waals surface area contributed by atoms with Gasteiger partial charge in [0.25, 0.3) is 0 Å². The molecule has 3 rings (SSSR count). The van der Waals surface area contributed by atoms with Crippen molar-refractivity contribution in [1.82, 2.24) is 15.3 Å². The van der Waals surface area contributed by atoms with Crippen LogP contribution in [-0.2, 0) is 0 Å². The molecule has 1 aliphatic heterocycles. The second kappa shape index (κ2) is 8.14. The Morgan fingerprint density at radius 2 is 2.11 bits per heavy atom. The molecular formula is C12H18Br2N4S. The molecule has 0 aliphatic carbocycles. The zero-order valence-electron chi connectivity index (χ0n) is 10.5. The van der Waals surface area contributed by atoms with Gasteiger partial charge in [-0.3, -0.25) is 0 Å². The van der Waals surface area contributed by atoms with Gasteiger partial charge >= 0.3 is 0 Å². The van der Waals surface area contributed by atoms with Crippen LogP contribution in [0.4, 0.5) is 5.13 Å². The second-order valence-corrected chi connectivity index (χ2v) is 5.40. The van der Waals surface area contributed by atoms with Gasteiger partial charge in [-0.1, -0.05) is 11.3 Å². The van der Waals surface area contributed by atoms with Gasteiger partial charge in [0.05, 0.1) is 0 Å². The Morgan fingerprint density at radius 3 is 2.84 bits per heavy atom. The number of anilines is 1. The summed E-state index contributed by atoms with van der Waals surface area (Å²) in [6, 6.07) is 3.94. The monoisotopic (exact) mass is 408 g/mol. The fourth-order valence-electron chi connectivity index (χ4n) is 2.16. The van der Waals surface area contributed by atoms with Gasteiger partial charge in [0.2, 0.25) is 0 Å². The van der Waals surface area contributed by atoms with E-state index in [1.54, 1.807) is 11.3 Å². The van der Waals surface area contributed by atoms with E-state index in [9.17, 15) is 0 Å². The number of halogens is 2. The number of piperidine rings is 1. The Morgan fingerprint density at radius 1 is 1.32 bits per heavy atom. The molecule has 7 heteroatoms. The van der Waals surface area contributed by atoms with Crippen molar-refractivity contribution < 1.29 is 0 Å². The third kappa shape index (κ3) is 4.37. The average molecular weight is 410 g/mol. The van der Waals surface area contributed by atoms with Crippen LogP contribution in [0.5, 0.6) is 0 Å². The number of aromatic nitrogens is 2. The molecule has 0 radical (unpaired) electrons. The van der Waals surface area contributed by atoms with Crippen LogP contribution < -0.4 is 10.6 Å². The molecule has 2 N–H and O–H groups in total. The minimum atomic E-state index is 0. The molecule has 0 spiro atoms. The van der Waals surface area contributed by atoms with Gasteiger partial charge in [0.1, 0.15) is 10.3 Å². The second-order valence-electron chi connectivity index (χ2n) is 4.42. The molecule has 0 atom stereocenters. The molecule has 3 heterocycles. The van der Waals surface area contributed by atoms with Crippen molar-refractivity contribution in [2.24, 2.45) is 5.92 Å². The van der Waals surface area contributed by atoms with Gasteiger partial charge in [-0.2, -0.15) is 0 Å². The first-order valence-electron chi connectivity index (χ1n) is 6.08. The van der Waals surface area contributed by atoms with Crippen LogP contribution >= 0.6 is 45.3 Å². The highest BCUT2D eigenvalue weighted by atomic mass is 79.9. The number of pyridine rings is 1. The Kier molecular flexibility index (Phi) is 7.20. The molecule has 0 aromatic carbocycles. The van der Waals surface area contributed by atoms with Gasteiger partial charge in [-0.15, -0.1) is 34.0 Å². The lowest BCUT2D eigenvalue weighted by Crippen LogP contribution is -2.31. The fourth-order valence-corrected chi connectivity index (χ4v) is 2.98. The Hall–Kier alpha value is -0.240. The van der Waals surface area contributed by atoms with Crippen LogP contribution in [0.3, 0.4) is 0 Å². The maximum Gasteiger partial charge on any atom is 0.185 e. The first-order chi connectivity index (χ1) is 8.42. The van der Waals surface area contributed by atoms with E-state index in [1.807, 2.05) is 18.3 Å². The molecule has 0 amide bonds. The van der Waals surface area contributed by atoms with E-state index in [0.717, 1.165) is 41.0 Å². The Labute approximate surface area is 138 Å². The highest BCUT2D eigenvalue weighted by Gasteiger charge is 2.13. The van der Waals surface area contributed by atoms with Crippen molar-refractivity contribution in [2.45, 2.75) is 12.8 Å². The van der Waals surface area contributed by atoms with Crippen LogP contribution in [0.15, 0.2) is 18.3 Å². The van der Waals surface area contributed by atoms with Crippen LogP contribution in [-0.4, -0.2) is 29.6 Å². The standard InChI is InChI=1S/C12H16N4S.2BrH/c1-2-10-11(14-5-1)17-12(16-10)15-8-9-3-6-13-7-4-9;;/h1-2,5,9,13H,3-4,6-8H2,(H,15,16);2*1H. The number of hydrogen-bond donors (Lipinski definition) is 2. The van der Waals surface area contributed by atoms with Gasteiger partial charge in [0.15, 0.2) is 5.13 Å². The summed E-state index contributed by atoms with van der Waals surface area (Å²) in [7, 11) is 0. The zero-order valence-corrected chi connectivity index (χ0v) is 14.7. The van der Waals surface area contributed by atoms with Gasteiger partial charge < -0.3 is 10.6 Å². The number of nitrogens with one attached hydrogen (secondary N) is 2. The summed E-state index contributed by atoms with van der Waals surface area (Å²) in [4.78, 5) is 9.84. The predicted molar refractivity (Wildman–Crippen MR) is 92.1 cm³/mol. The number of thiazole rings is 1. The molecule has 4 nitrogen and oxygen atoms in total. The first-order valence-corrected chi connectivity index (χ1v) is 6.89. The molecule has 1 fully saturated rings. The van der Waals surface area contributed by atoms with E-state index in [4.69, 9.17) is 0 Å². The summed E-state index contributed by atoms with van der Waals surface area (Å²) in [6.45, 7) is 3.32. The largest absolute Gasteiger partial charge is 0.361 e. The van der Waals surface area contributed by atoms with Gasteiger partial charge in [0, 0.05) is 12.7 Å². The normalized spacial score (nSPS) is 15.6. The van der Waals surface area contributed by atoms with Crippen LogP contribution in [0.25, 0.3) is 10.3 Å². The fraction of sp³-hybridized carbons (Fsp3) is 0.500. The smallest absolute Gasteiger partial charge is 0.185 e. The maximum absolute atomic E-state index is 4.53. The summed E-state index contributed by atoms with van der Waals surface area (Å²) >= 11 is 1.64. The molecule has 0 unspecified atom stereocenters. The zero-order chi connectivity index (χ0) is 11.5. The maximum atomic E-state index is 4.53. The van der Waals surface area contributed by atoms with Gasteiger partial charge in [-0.05, 0) is 44.0 Å². The van der Waals surface area contributed by atoms with E-state index in [0.29, 0.717) is 0 Å². The molecule has 2 aromatic rings. The highest BCUT2D eigenvalue weighted by Crippen LogP contribution is 2.24. The predicted octanol–water partition coefficient (Wildman–Crippen LogP) is 3.26. The van der Waals surface area contributed by atoms with Crippen molar-refractivity contribution in [2.75, 3.05) is 25.0 Å². The van der Waals surface area contributed by atoms with Gasteiger partial charge in [-0.25, -0.2) is 9.97 Å². The molecule has 1 aliphatic rings. The lowest BCUT2D eigenvalue weighted by molar-refractivity contribution is 0.390. The summed E-state index contributed by atoms with van der Waals surface area (Å²) in [5, 5.41) is 7.82. The molecular weight excluding hydrogens is 392 g/mol. The number of hydrogen-bond acceptors (Lipinski definition) is 5. The third-order valence-electron chi connectivity index (χ3n) is 3.17. The molecule has 19 heavy (non-hydrogen) atoms. The lowest BCUT2D eigenvalue weighted by Gasteiger charge is -2.22. The SMILES string of the molecule is Br.Br.c1cnc2sc(NCC3CCNCC3)nc2c1. The third-order valence-corrected chi connectivity index (χ3v) is 4.10. The molecule has 1 saturated heterocycles. The van der Waals surface area contributed by atoms with Crippen molar-refractivity contribution in [3.63, 3.8) is 0 Å². The molecule has 0 bridgehead atoms. The van der Waals surface area contributed by atoms with E-state index in [-0.39, 0.29) is 34.0 Å². The van der Waals surface area contributed by atoms with Crippen molar-refractivity contribution >= 4 is 60.8 Å². The van der Waals surface area contributed by atoms with E-state index in [2.05, 4.69) is 20.6 Å². The van der Waals surface area contributed by atoms with Crippen molar-refractivity contribution in [3.05, 3.63) is 18.3 Å². The summed E-state index contributed by atoms with van der Waals surface area (Å²) < 4.78 is 0. The lowest BCUT2D eigenvalue weighted by atomic mass is 9.98.